The monoisotopic (exact) mass is 220 g/mol. The van der Waals surface area contributed by atoms with Crippen LogP contribution in [0.2, 0.25) is 0 Å². The summed E-state index contributed by atoms with van der Waals surface area (Å²) in [5.74, 6) is 1.58. The Bertz CT molecular complexity index is 316. The molecule has 0 spiro atoms. The maximum absolute atomic E-state index is 5.57. The van der Waals surface area contributed by atoms with Crippen molar-refractivity contribution in [2.75, 3.05) is 24.2 Å². The standard InChI is InChI=1S/C12H20N4/c1-16(9-10-5-3-2-4-6-10)12-14-7-11(13)8-15-12/h7-8,10H,2-6,9,13H2,1H3. The van der Waals surface area contributed by atoms with Crippen LogP contribution in [0.25, 0.3) is 0 Å². The van der Waals surface area contributed by atoms with E-state index >= 15 is 0 Å². The van der Waals surface area contributed by atoms with Crippen molar-refractivity contribution in [3.05, 3.63) is 12.4 Å². The van der Waals surface area contributed by atoms with Crippen LogP contribution in [-0.4, -0.2) is 23.6 Å². The van der Waals surface area contributed by atoms with Gasteiger partial charge < -0.3 is 10.6 Å². The Morgan fingerprint density at radius 3 is 2.50 bits per heavy atom. The topological polar surface area (TPSA) is 55.0 Å². The van der Waals surface area contributed by atoms with Gasteiger partial charge in [-0.15, -0.1) is 0 Å². The number of nitrogens with zero attached hydrogens (tertiary/aromatic N) is 3. The minimum atomic E-state index is 0.620. The first-order valence-corrected chi connectivity index (χ1v) is 6.04. The molecule has 1 heterocycles. The molecule has 1 aromatic rings. The normalized spacial score (nSPS) is 17.3. The van der Waals surface area contributed by atoms with E-state index in [-0.39, 0.29) is 0 Å². The quantitative estimate of drug-likeness (QED) is 0.847. The Kier molecular flexibility index (Phi) is 3.59. The maximum Gasteiger partial charge on any atom is 0.225 e. The molecular weight excluding hydrogens is 200 g/mol. The summed E-state index contributed by atoms with van der Waals surface area (Å²) in [4.78, 5) is 10.6. The third-order valence-corrected chi connectivity index (χ3v) is 3.26. The molecule has 1 aromatic heterocycles. The lowest BCUT2D eigenvalue weighted by molar-refractivity contribution is 0.361. The third kappa shape index (κ3) is 2.84. The van der Waals surface area contributed by atoms with Gasteiger partial charge in [-0.1, -0.05) is 19.3 Å². The van der Waals surface area contributed by atoms with Crippen molar-refractivity contribution in [1.82, 2.24) is 9.97 Å². The van der Waals surface area contributed by atoms with E-state index in [0.29, 0.717) is 5.69 Å². The SMILES string of the molecule is CN(CC1CCCCC1)c1ncc(N)cn1. The van der Waals surface area contributed by atoms with Crippen LogP contribution < -0.4 is 10.6 Å². The van der Waals surface area contributed by atoms with Crippen LogP contribution in [-0.2, 0) is 0 Å². The predicted molar refractivity (Wildman–Crippen MR) is 66.3 cm³/mol. The summed E-state index contributed by atoms with van der Waals surface area (Å²) >= 11 is 0. The molecule has 0 unspecified atom stereocenters. The van der Waals surface area contributed by atoms with Gasteiger partial charge in [0.05, 0.1) is 18.1 Å². The molecule has 1 aliphatic rings. The van der Waals surface area contributed by atoms with Crippen molar-refractivity contribution >= 4 is 11.6 Å². The second-order valence-electron chi connectivity index (χ2n) is 4.70. The maximum atomic E-state index is 5.57. The fourth-order valence-electron chi connectivity index (χ4n) is 2.37. The van der Waals surface area contributed by atoms with Crippen molar-refractivity contribution in [2.45, 2.75) is 32.1 Å². The highest BCUT2D eigenvalue weighted by Crippen LogP contribution is 2.24. The van der Waals surface area contributed by atoms with E-state index in [4.69, 9.17) is 5.73 Å². The predicted octanol–water partition coefficient (Wildman–Crippen LogP) is 2.08. The number of aromatic nitrogens is 2. The van der Waals surface area contributed by atoms with Crippen LogP contribution in [0, 0.1) is 5.92 Å². The van der Waals surface area contributed by atoms with Gasteiger partial charge in [-0.2, -0.15) is 0 Å². The first kappa shape index (κ1) is 11.2. The number of anilines is 2. The second-order valence-corrected chi connectivity index (χ2v) is 4.70. The number of nitrogen functional groups attached to an aromatic ring is 1. The van der Waals surface area contributed by atoms with E-state index < -0.39 is 0 Å². The summed E-state index contributed by atoms with van der Waals surface area (Å²) in [6.45, 7) is 1.06. The Labute approximate surface area is 96.9 Å². The molecule has 0 atom stereocenters. The molecule has 1 fully saturated rings. The van der Waals surface area contributed by atoms with Gasteiger partial charge in [0, 0.05) is 13.6 Å². The molecule has 2 rings (SSSR count). The van der Waals surface area contributed by atoms with Gasteiger partial charge in [-0.3, -0.25) is 0 Å². The van der Waals surface area contributed by atoms with Crippen molar-refractivity contribution < 1.29 is 0 Å². The van der Waals surface area contributed by atoms with Crippen LogP contribution in [0.1, 0.15) is 32.1 Å². The fraction of sp³-hybridized carbons (Fsp3) is 0.667. The molecule has 1 aliphatic carbocycles. The lowest BCUT2D eigenvalue weighted by atomic mass is 9.89. The molecule has 1 saturated carbocycles. The van der Waals surface area contributed by atoms with Gasteiger partial charge in [0.2, 0.25) is 5.95 Å². The van der Waals surface area contributed by atoms with Crippen molar-refractivity contribution in [3.8, 4) is 0 Å². The third-order valence-electron chi connectivity index (χ3n) is 3.26. The molecule has 88 valence electrons. The Morgan fingerprint density at radius 1 is 1.25 bits per heavy atom. The van der Waals surface area contributed by atoms with Gasteiger partial charge in [-0.25, -0.2) is 9.97 Å². The first-order chi connectivity index (χ1) is 7.75. The second kappa shape index (κ2) is 5.14. The molecule has 4 nitrogen and oxygen atoms in total. The van der Waals surface area contributed by atoms with Gasteiger partial charge >= 0.3 is 0 Å². The summed E-state index contributed by atoms with van der Waals surface area (Å²) in [6.07, 6.45) is 10.2. The van der Waals surface area contributed by atoms with Crippen LogP contribution in [0.5, 0.6) is 0 Å². The molecular formula is C12H20N4. The Balaban J connectivity index is 1.91. The lowest BCUT2D eigenvalue weighted by Gasteiger charge is -2.26. The molecule has 0 radical (unpaired) electrons. The van der Waals surface area contributed by atoms with Crippen molar-refractivity contribution in [2.24, 2.45) is 5.92 Å². The van der Waals surface area contributed by atoms with Crippen molar-refractivity contribution in [3.63, 3.8) is 0 Å². The molecule has 0 aromatic carbocycles. The van der Waals surface area contributed by atoms with Gasteiger partial charge in [0.15, 0.2) is 0 Å². The number of hydrogen-bond donors (Lipinski definition) is 1. The largest absolute Gasteiger partial charge is 0.396 e. The zero-order chi connectivity index (χ0) is 11.4. The van der Waals surface area contributed by atoms with E-state index in [2.05, 4.69) is 21.9 Å². The number of rotatable bonds is 3. The van der Waals surface area contributed by atoms with Crippen LogP contribution in [0.4, 0.5) is 11.6 Å². The van der Waals surface area contributed by atoms with E-state index in [1.165, 1.54) is 32.1 Å². The Hall–Kier alpha value is -1.32. The molecule has 0 aliphatic heterocycles. The highest BCUT2D eigenvalue weighted by molar-refractivity contribution is 5.37. The average Bonchev–Trinajstić information content (AvgIpc) is 2.31. The summed E-state index contributed by atoms with van der Waals surface area (Å²) in [5.41, 5.74) is 6.19. The summed E-state index contributed by atoms with van der Waals surface area (Å²) < 4.78 is 0. The van der Waals surface area contributed by atoms with Crippen LogP contribution >= 0.6 is 0 Å². The van der Waals surface area contributed by atoms with E-state index in [1.807, 2.05) is 0 Å². The summed E-state index contributed by atoms with van der Waals surface area (Å²) in [7, 11) is 2.06. The van der Waals surface area contributed by atoms with Crippen LogP contribution in [0.15, 0.2) is 12.4 Å². The highest BCUT2D eigenvalue weighted by Gasteiger charge is 2.16. The van der Waals surface area contributed by atoms with Gasteiger partial charge in [0.1, 0.15) is 0 Å². The fourth-order valence-corrected chi connectivity index (χ4v) is 2.37. The Morgan fingerprint density at radius 2 is 1.88 bits per heavy atom. The van der Waals surface area contributed by atoms with Crippen molar-refractivity contribution in [1.29, 1.82) is 0 Å². The molecule has 0 saturated heterocycles. The summed E-state index contributed by atoms with van der Waals surface area (Å²) in [5, 5.41) is 0. The first-order valence-electron chi connectivity index (χ1n) is 6.04. The van der Waals surface area contributed by atoms with Gasteiger partial charge in [0.25, 0.3) is 0 Å². The number of nitrogens with two attached hydrogens (primary N) is 1. The van der Waals surface area contributed by atoms with E-state index in [1.54, 1.807) is 12.4 Å². The molecule has 0 bridgehead atoms. The van der Waals surface area contributed by atoms with E-state index in [9.17, 15) is 0 Å². The smallest absolute Gasteiger partial charge is 0.225 e. The van der Waals surface area contributed by atoms with Crippen LogP contribution in [0.3, 0.4) is 0 Å². The minimum absolute atomic E-state index is 0.620. The minimum Gasteiger partial charge on any atom is -0.396 e. The highest BCUT2D eigenvalue weighted by atomic mass is 15.2. The average molecular weight is 220 g/mol. The molecule has 4 heteroatoms. The lowest BCUT2D eigenvalue weighted by Crippen LogP contribution is -2.28. The molecule has 2 N–H and O–H groups in total. The van der Waals surface area contributed by atoms with Gasteiger partial charge in [-0.05, 0) is 18.8 Å². The molecule has 16 heavy (non-hydrogen) atoms. The molecule has 0 amide bonds. The van der Waals surface area contributed by atoms with E-state index in [0.717, 1.165) is 18.4 Å². The number of hydrogen-bond acceptors (Lipinski definition) is 4. The zero-order valence-electron chi connectivity index (χ0n) is 9.89. The zero-order valence-corrected chi connectivity index (χ0v) is 9.89. The summed E-state index contributed by atoms with van der Waals surface area (Å²) in [6, 6.07) is 0.